The number of aliphatic hydroxyl groups excluding tert-OH is 1. The van der Waals surface area contributed by atoms with Gasteiger partial charge < -0.3 is 9.84 Å². The minimum Gasteiger partial charge on any atom is -0.467 e. The van der Waals surface area contributed by atoms with E-state index in [0.717, 1.165) is 0 Å². The molecule has 0 amide bonds. The van der Waals surface area contributed by atoms with E-state index in [1.54, 1.807) is 0 Å². The summed E-state index contributed by atoms with van der Waals surface area (Å²) in [4.78, 5) is 11.4. The summed E-state index contributed by atoms with van der Waals surface area (Å²) in [5.74, 6) is -0.573. The maximum atomic E-state index is 13.4. The van der Waals surface area contributed by atoms with Crippen LogP contribution in [0, 0.1) is 5.82 Å². The van der Waals surface area contributed by atoms with Gasteiger partial charge in [0.2, 0.25) is 0 Å². The van der Waals surface area contributed by atoms with Crippen molar-refractivity contribution in [2.75, 3.05) is 7.11 Å². The number of methoxy groups -OCH3 is 1. The molecule has 2 aromatic rings. The van der Waals surface area contributed by atoms with Crippen LogP contribution in [-0.2, 0) is 0 Å². The summed E-state index contributed by atoms with van der Waals surface area (Å²) < 4.78 is 18.2. The first kappa shape index (κ1) is 11.4. The normalized spacial score (nSPS) is 12.2. The van der Waals surface area contributed by atoms with Gasteiger partial charge in [-0.2, -0.15) is 0 Å². The summed E-state index contributed by atoms with van der Waals surface area (Å²) in [7, 11) is 1.43. The summed E-state index contributed by atoms with van der Waals surface area (Å²) in [5, 5.41) is 9.91. The highest BCUT2D eigenvalue weighted by atomic mass is 19.1. The van der Waals surface area contributed by atoms with Gasteiger partial charge in [-0.05, 0) is 12.1 Å². The first-order chi connectivity index (χ1) is 8.22. The van der Waals surface area contributed by atoms with Gasteiger partial charge >= 0.3 is 6.01 Å². The van der Waals surface area contributed by atoms with Gasteiger partial charge in [-0.1, -0.05) is 0 Å². The maximum absolute atomic E-state index is 13.4. The van der Waals surface area contributed by atoms with E-state index in [4.69, 9.17) is 4.74 Å². The highest BCUT2D eigenvalue weighted by molar-refractivity contribution is 5.22. The smallest absolute Gasteiger partial charge is 0.316 e. The second-order valence-electron chi connectivity index (χ2n) is 3.28. The number of nitrogens with zero attached hydrogens (tertiary/aromatic N) is 3. The molecule has 17 heavy (non-hydrogen) atoms. The molecule has 0 aliphatic rings. The molecular weight excluding hydrogens is 225 g/mol. The van der Waals surface area contributed by atoms with Crippen molar-refractivity contribution in [3.63, 3.8) is 0 Å². The number of hydrogen-bond acceptors (Lipinski definition) is 5. The predicted molar refractivity (Wildman–Crippen MR) is 56.8 cm³/mol. The van der Waals surface area contributed by atoms with Crippen LogP contribution in [0.4, 0.5) is 4.39 Å². The molecule has 0 aliphatic heterocycles. The second-order valence-corrected chi connectivity index (χ2v) is 3.28. The molecule has 6 heteroatoms. The summed E-state index contributed by atoms with van der Waals surface area (Å²) in [6, 6.07) is 2.87. The van der Waals surface area contributed by atoms with E-state index in [2.05, 4.69) is 15.0 Å². The fraction of sp³-hybridized carbons (Fsp3) is 0.182. The van der Waals surface area contributed by atoms with Crippen molar-refractivity contribution in [1.82, 2.24) is 15.0 Å². The average molecular weight is 235 g/mol. The van der Waals surface area contributed by atoms with Gasteiger partial charge in [-0.3, -0.25) is 4.98 Å². The molecule has 0 saturated carbocycles. The Balaban J connectivity index is 2.30. The Kier molecular flexibility index (Phi) is 3.24. The molecule has 0 radical (unpaired) electrons. The molecule has 1 atom stereocenters. The highest BCUT2D eigenvalue weighted by Crippen LogP contribution is 2.21. The average Bonchev–Trinajstić information content (AvgIpc) is 2.39. The van der Waals surface area contributed by atoms with Gasteiger partial charge in [0.25, 0.3) is 0 Å². The Labute approximate surface area is 97.0 Å². The summed E-state index contributed by atoms with van der Waals surface area (Å²) in [6.45, 7) is 0. The first-order valence-electron chi connectivity index (χ1n) is 4.87. The van der Waals surface area contributed by atoms with Crippen molar-refractivity contribution in [2.45, 2.75) is 6.10 Å². The molecule has 2 aromatic heterocycles. The van der Waals surface area contributed by atoms with Gasteiger partial charge in [0.15, 0.2) is 0 Å². The molecule has 0 bridgehead atoms. The van der Waals surface area contributed by atoms with Crippen molar-refractivity contribution in [2.24, 2.45) is 0 Å². The number of pyridine rings is 1. The van der Waals surface area contributed by atoms with E-state index in [9.17, 15) is 9.50 Å². The van der Waals surface area contributed by atoms with Gasteiger partial charge in [-0.15, -0.1) is 0 Å². The van der Waals surface area contributed by atoms with E-state index in [0.29, 0.717) is 5.56 Å². The zero-order valence-electron chi connectivity index (χ0n) is 9.04. The lowest BCUT2D eigenvalue weighted by Crippen LogP contribution is -2.06. The lowest BCUT2D eigenvalue weighted by molar-refractivity contribution is 0.208. The van der Waals surface area contributed by atoms with Gasteiger partial charge in [0.05, 0.1) is 7.11 Å². The number of ether oxygens (including phenoxy) is 1. The molecular formula is C11H10FN3O2. The molecule has 0 spiro atoms. The fourth-order valence-corrected chi connectivity index (χ4v) is 1.33. The minimum atomic E-state index is -1.19. The lowest BCUT2D eigenvalue weighted by atomic mass is 10.1. The van der Waals surface area contributed by atoms with Crippen LogP contribution in [0.5, 0.6) is 6.01 Å². The Morgan fingerprint density at radius 1 is 1.29 bits per heavy atom. The van der Waals surface area contributed by atoms with Gasteiger partial charge in [0.1, 0.15) is 17.6 Å². The highest BCUT2D eigenvalue weighted by Gasteiger charge is 2.17. The molecule has 0 aliphatic carbocycles. The van der Waals surface area contributed by atoms with Crippen molar-refractivity contribution >= 4 is 0 Å². The molecule has 1 N–H and O–H groups in total. The Bertz CT molecular complexity index is 504. The monoisotopic (exact) mass is 235 g/mol. The van der Waals surface area contributed by atoms with E-state index >= 15 is 0 Å². The number of aliphatic hydroxyl groups is 1. The van der Waals surface area contributed by atoms with Crippen LogP contribution in [0.2, 0.25) is 0 Å². The quantitative estimate of drug-likeness (QED) is 0.862. The van der Waals surface area contributed by atoms with Crippen LogP contribution in [-0.4, -0.2) is 27.2 Å². The van der Waals surface area contributed by atoms with Crippen molar-refractivity contribution < 1.29 is 14.2 Å². The molecule has 88 valence electrons. The molecule has 5 nitrogen and oxygen atoms in total. The molecule has 2 heterocycles. The number of rotatable bonds is 3. The summed E-state index contributed by atoms with van der Waals surface area (Å²) in [6.07, 6.45) is 2.95. The Morgan fingerprint density at radius 2 is 2.00 bits per heavy atom. The Hall–Kier alpha value is -2.08. The van der Waals surface area contributed by atoms with E-state index in [1.165, 1.54) is 37.8 Å². The SMILES string of the molecule is COc1ncc(C(O)c2ncccc2F)cn1. The molecule has 2 rings (SSSR count). The zero-order chi connectivity index (χ0) is 12.3. The maximum Gasteiger partial charge on any atom is 0.316 e. The summed E-state index contributed by atoms with van der Waals surface area (Å²) in [5.41, 5.74) is 0.296. The van der Waals surface area contributed by atoms with Crippen LogP contribution >= 0.6 is 0 Å². The third-order valence-electron chi connectivity index (χ3n) is 2.19. The van der Waals surface area contributed by atoms with Crippen LogP contribution in [0.15, 0.2) is 30.7 Å². The topological polar surface area (TPSA) is 68.1 Å². The van der Waals surface area contributed by atoms with E-state index in [-0.39, 0.29) is 11.7 Å². The molecule has 0 saturated heterocycles. The third kappa shape index (κ3) is 2.36. The number of aromatic nitrogens is 3. The van der Waals surface area contributed by atoms with E-state index < -0.39 is 11.9 Å². The minimum absolute atomic E-state index is 0.0544. The van der Waals surface area contributed by atoms with Crippen LogP contribution in [0.3, 0.4) is 0 Å². The molecule has 1 unspecified atom stereocenters. The van der Waals surface area contributed by atoms with E-state index in [1.807, 2.05) is 0 Å². The van der Waals surface area contributed by atoms with Gasteiger partial charge in [0, 0.05) is 24.2 Å². The van der Waals surface area contributed by atoms with Crippen molar-refractivity contribution in [3.05, 3.63) is 47.8 Å². The fourth-order valence-electron chi connectivity index (χ4n) is 1.33. The summed E-state index contributed by atoms with van der Waals surface area (Å²) >= 11 is 0. The van der Waals surface area contributed by atoms with Crippen LogP contribution in [0.1, 0.15) is 17.4 Å². The second kappa shape index (κ2) is 4.84. The lowest BCUT2D eigenvalue weighted by Gasteiger charge is -2.10. The largest absolute Gasteiger partial charge is 0.467 e. The third-order valence-corrected chi connectivity index (χ3v) is 2.19. The zero-order valence-corrected chi connectivity index (χ0v) is 9.04. The van der Waals surface area contributed by atoms with Crippen LogP contribution in [0.25, 0.3) is 0 Å². The first-order valence-corrected chi connectivity index (χ1v) is 4.87. The number of halogens is 1. The Morgan fingerprint density at radius 3 is 2.59 bits per heavy atom. The van der Waals surface area contributed by atoms with Crippen molar-refractivity contribution in [1.29, 1.82) is 0 Å². The van der Waals surface area contributed by atoms with Crippen molar-refractivity contribution in [3.8, 4) is 6.01 Å². The van der Waals surface area contributed by atoms with Gasteiger partial charge in [-0.25, -0.2) is 14.4 Å². The predicted octanol–water partition coefficient (Wildman–Crippen LogP) is 1.10. The molecule has 0 aromatic carbocycles. The number of hydrogen-bond donors (Lipinski definition) is 1. The molecule has 0 fully saturated rings. The van der Waals surface area contributed by atoms with Crippen LogP contribution < -0.4 is 4.74 Å². The standard InChI is InChI=1S/C11H10FN3O2/c1-17-11-14-5-7(6-15-11)10(16)9-8(12)3-2-4-13-9/h2-6,10,16H,1H3.